The van der Waals surface area contributed by atoms with Crippen LogP contribution < -0.4 is 0 Å². The third-order valence-electron chi connectivity index (χ3n) is 5.69. The van der Waals surface area contributed by atoms with Crippen LogP contribution in [0.1, 0.15) is 117 Å². The van der Waals surface area contributed by atoms with Crippen molar-refractivity contribution in [2.75, 3.05) is 59.5 Å². The summed E-state index contributed by atoms with van der Waals surface area (Å²) in [5.74, 6) is -0.118. The largest absolute Gasteiger partial charge is 0.466 e. The summed E-state index contributed by atoms with van der Waals surface area (Å²) < 4.78 is 27.3. The molecule has 0 atom stereocenters. The minimum Gasteiger partial charge on any atom is -0.466 e. The van der Waals surface area contributed by atoms with Crippen LogP contribution in [-0.2, 0) is 28.5 Å². The van der Waals surface area contributed by atoms with Crippen molar-refractivity contribution >= 4 is 5.97 Å². The molecule has 6 nitrogen and oxygen atoms in total. The van der Waals surface area contributed by atoms with Crippen LogP contribution in [0.2, 0.25) is 0 Å². The average Bonchev–Trinajstić information content (AvgIpc) is 2.84. The summed E-state index contributed by atoms with van der Waals surface area (Å²) in [5, 5.41) is 0. The van der Waals surface area contributed by atoms with Crippen LogP contribution in [0, 0.1) is 0 Å². The average molecular weight is 489 g/mol. The second-order valence-electron chi connectivity index (χ2n) is 9.02. The Labute approximate surface area is 210 Å². The molecule has 0 amide bonds. The maximum absolute atomic E-state index is 11.7. The molecule has 0 rings (SSSR count). The fourth-order valence-electron chi connectivity index (χ4n) is 3.56. The quantitative estimate of drug-likeness (QED) is 0.0845. The highest BCUT2D eigenvalue weighted by Gasteiger charge is 2.02. The Morgan fingerprint density at radius 3 is 1.24 bits per heavy atom. The molecule has 0 bridgehead atoms. The van der Waals surface area contributed by atoms with E-state index in [1.54, 1.807) is 0 Å². The van der Waals surface area contributed by atoms with Crippen LogP contribution in [0.15, 0.2) is 0 Å². The molecule has 0 aromatic carbocycles. The minimum atomic E-state index is -0.118. The van der Waals surface area contributed by atoms with E-state index in [-0.39, 0.29) is 5.97 Å². The van der Waals surface area contributed by atoms with Crippen molar-refractivity contribution in [1.29, 1.82) is 0 Å². The molecule has 0 heterocycles. The molecule has 0 aliphatic heterocycles. The lowest BCUT2D eigenvalue weighted by Crippen LogP contribution is -2.12. The van der Waals surface area contributed by atoms with Gasteiger partial charge in [-0.15, -0.1) is 0 Å². The van der Waals surface area contributed by atoms with E-state index in [1.165, 1.54) is 70.6 Å². The van der Waals surface area contributed by atoms with Crippen LogP contribution in [0.5, 0.6) is 0 Å². The number of carbonyl (C=O) groups is 1. The maximum Gasteiger partial charge on any atom is 0.305 e. The molecule has 0 saturated heterocycles. The van der Waals surface area contributed by atoms with Gasteiger partial charge in [0.05, 0.1) is 46.2 Å². The van der Waals surface area contributed by atoms with Crippen molar-refractivity contribution < 1.29 is 28.5 Å². The predicted octanol–water partition coefficient (Wildman–Crippen LogP) is 6.88. The van der Waals surface area contributed by atoms with Crippen molar-refractivity contribution in [2.45, 2.75) is 117 Å². The van der Waals surface area contributed by atoms with Gasteiger partial charge in [-0.05, 0) is 19.3 Å². The number of unbranched alkanes of at least 4 members (excludes halogenated alkanes) is 12. The van der Waals surface area contributed by atoms with E-state index in [2.05, 4.69) is 13.8 Å². The summed E-state index contributed by atoms with van der Waals surface area (Å²) in [6.45, 7) is 9.90. The van der Waals surface area contributed by atoms with E-state index in [4.69, 9.17) is 23.7 Å². The van der Waals surface area contributed by atoms with Gasteiger partial charge in [-0.25, -0.2) is 0 Å². The van der Waals surface area contributed by atoms with Crippen LogP contribution in [0.4, 0.5) is 0 Å². The number of carbonyl (C=O) groups excluding carboxylic acids is 1. The third kappa shape index (κ3) is 29.3. The van der Waals surface area contributed by atoms with E-state index in [9.17, 15) is 4.79 Å². The van der Waals surface area contributed by atoms with Crippen molar-refractivity contribution in [3.8, 4) is 0 Å². The van der Waals surface area contributed by atoms with Gasteiger partial charge in [0.15, 0.2) is 0 Å². The fourth-order valence-corrected chi connectivity index (χ4v) is 3.56. The lowest BCUT2D eigenvalue weighted by Gasteiger charge is -2.08. The monoisotopic (exact) mass is 488 g/mol. The maximum atomic E-state index is 11.7. The molecule has 0 aliphatic rings. The Balaban J connectivity index is 3.10. The third-order valence-corrected chi connectivity index (χ3v) is 5.69. The molecule has 0 N–H and O–H groups in total. The Morgan fingerprint density at radius 2 is 0.765 bits per heavy atom. The lowest BCUT2D eigenvalue weighted by atomic mass is 10.1. The van der Waals surface area contributed by atoms with E-state index >= 15 is 0 Å². The van der Waals surface area contributed by atoms with Gasteiger partial charge < -0.3 is 23.7 Å². The van der Waals surface area contributed by atoms with Crippen LogP contribution in [0.25, 0.3) is 0 Å². The molecule has 0 spiro atoms. The highest BCUT2D eigenvalue weighted by atomic mass is 16.6. The van der Waals surface area contributed by atoms with Gasteiger partial charge in [0.25, 0.3) is 0 Å². The van der Waals surface area contributed by atoms with E-state index in [1.807, 2.05) is 0 Å². The van der Waals surface area contributed by atoms with Gasteiger partial charge in [0, 0.05) is 19.6 Å². The van der Waals surface area contributed by atoms with Crippen molar-refractivity contribution in [3.05, 3.63) is 0 Å². The fraction of sp³-hybridized carbons (Fsp3) is 0.964. The van der Waals surface area contributed by atoms with Gasteiger partial charge >= 0.3 is 5.97 Å². The Hall–Kier alpha value is -0.690. The first-order chi connectivity index (χ1) is 16.8. The number of rotatable bonds is 29. The van der Waals surface area contributed by atoms with Gasteiger partial charge in [-0.3, -0.25) is 4.79 Å². The van der Waals surface area contributed by atoms with E-state index in [0.29, 0.717) is 65.7 Å². The molecule has 0 aliphatic carbocycles. The summed E-state index contributed by atoms with van der Waals surface area (Å²) in [4.78, 5) is 11.7. The molecular weight excluding hydrogens is 432 g/mol. The second-order valence-corrected chi connectivity index (χ2v) is 9.02. The number of hydrogen-bond acceptors (Lipinski definition) is 6. The highest BCUT2D eigenvalue weighted by Crippen LogP contribution is 2.08. The molecule has 0 aromatic rings. The molecule has 0 aromatic heterocycles. The smallest absolute Gasteiger partial charge is 0.305 e. The summed E-state index contributed by atoms with van der Waals surface area (Å²) in [6.07, 6.45) is 18.9. The van der Waals surface area contributed by atoms with Gasteiger partial charge in [0.2, 0.25) is 0 Å². The molecule has 0 fully saturated rings. The highest BCUT2D eigenvalue weighted by molar-refractivity contribution is 5.69. The van der Waals surface area contributed by atoms with Gasteiger partial charge in [-0.1, -0.05) is 90.9 Å². The van der Waals surface area contributed by atoms with Gasteiger partial charge in [-0.2, -0.15) is 0 Å². The normalized spacial score (nSPS) is 11.2. The summed E-state index contributed by atoms with van der Waals surface area (Å²) in [5.41, 5.74) is 0. The standard InChI is InChI=1S/C28H56O6/c1-3-5-7-9-11-12-13-15-19-30-22-24-32-26-27-33-25-23-31-20-17-18-28(29)34-21-16-14-10-8-6-4-2/h3-27H2,1-2H3. The van der Waals surface area contributed by atoms with Crippen LogP contribution in [-0.4, -0.2) is 65.4 Å². The molecule has 6 heteroatoms. The first-order valence-corrected chi connectivity index (χ1v) is 14.3. The molecule has 0 saturated carbocycles. The zero-order chi connectivity index (χ0) is 24.8. The Bertz CT molecular complexity index is 391. The van der Waals surface area contributed by atoms with Gasteiger partial charge in [0.1, 0.15) is 0 Å². The second kappa shape index (κ2) is 30.3. The lowest BCUT2D eigenvalue weighted by molar-refractivity contribution is -0.144. The van der Waals surface area contributed by atoms with E-state index in [0.717, 1.165) is 25.9 Å². The minimum absolute atomic E-state index is 0.118. The topological polar surface area (TPSA) is 63.2 Å². The zero-order valence-corrected chi connectivity index (χ0v) is 22.6. The van der Waals surface area contributed by atoms with Crippen molar-refractivity contribution in [2.24, 2.45) is 0 Å². The van der Waals surface area contributed by atoms with Crippen LogP contribution in [0.3, 0.4) is 0 Å². The number of esters is 1. The molecule has 0 unspecified atom stereocenters. The van der Waals surface area contributed by atoms with E-state index < -0.39 is 0 Å². The molecule has 34 heavy (non-hydrogen) atoms. The predicted molar refractivity (Wildman–Crippen MR) is 139 cm³/mol. The molecule has 0 radical (unpaired) electrons. The van der Waals surface area contributed by atoms with Crippen molar-refractivity contribution in [3.63, 3.8) is 0 Å². The summed E-state index contributed by atoms with van der Waals surface area (Å²) in [7, 11) is 0. The van der Waals surface area contributed by atoms with Crippen molar-refractivity contribution in [1.82, 2.24) is 0 Å². The Morgan fingerprint density at radius 1 is 0.412 bits per heavy atom. The molecular formula is C28H56O6. The molecule has 204 valence electrons. The number of hydrogen-bond donors (Lipinski definition) is 0. The number of ether oxygens (including phenoxy) is 5. The Kier molecular flexibility index (Phi) is 29.7. The summed E-state index contributed by atoms with van der Waals surface area (Å²) in [6, 6.07) is 0. The zero-order valence-electron chi connectivity index (χ0n) is 22.6. The van der Waals surface area contributed by atoms with Crippen LogP contribution >= 0.6 is 0 Å². The summed E-state index contributed by atoms with van der Waals surface area (Å²) >= 11 is 0. The first-order valence-electron chi connectivity index (χ1n) is 14.3. The first kappa shape index (κ1) is 33.3. The SMILES string of the molecule is CCCCCCCCCCOCCOCCOCCOCCCC(=O)OCCCCCCCC.